The lowest BCUT2D eigenvalue weighted by Gasteiger charge is -2.32. The number of nitrogens with zero attached hydrogens (tertiary/aromatic N) is 2. The molecule has 7 nitrogen and oxygen atoms in total. The largest absolute Gasteiger partial charge is 0.352 e. The van der Waals surface area contributed by atoms with Crippen LogP contribution in [0.1, 0.15) is 38.2 Å². The van der Waals surface area contributed by atoms with E-state index in [1.54, 1.807) is 25.1 Å². The third-order valence-electron chi connectivity index (χ3n) is 6.14. The quantitative estimate of drug-likeness (QED) is 0.413. The fourth-order valence-corrected chi connectivity index (χ4v) is 5.93. The van der Waals surface area contributed by atoms with Crippen molar-refractivity contribution in [3.05, 3.63) is 62.1 Å². The average Bonchev–Trinajstić information content (AvgIpc) is 3.31. The summed E-state index contributed by atoms with van der Waals surface area (Å²) in [5.41, 5.74) is 0.500. The molecule has 1 aliphatic rings. The van der Waals surface area contributed by atoms with Gasteiger partial charge in [0.2, 0.25) is 21.8 Å². The Morgan fingerprint density at radius 2 is 1.56 bits per heavy atom. The van der Waals surface area contributed by atoms with E-state index in [9.17, 15) is 18.0 Å². The van der Waals surface area contributed by atoms with E-state index >= 15 is 0 Å². The van der Waals surface area contributed by atoms with Crippen LogP contribution < -0.4 is 9.62 Å². The zero-order valence-corrected chi connectivity index (χ0v) is 23.6. The normalized spacial score (nSPS) is 14.9. The van der Waals surface area contributed by atoms with Gasteiger partial charge < -0.3 is 10.2 Å². The Hall–Kier alpha value is -1.71. The van der Waals surface area contributed by atoms with Crippen LogP contribution in [-0.2, 0) is 26.2 Å². The number of carbonyl (C=O) groups is 2. The monoisotopic (exact) mass is 593 g/mol. The molecule has 0 radical (unpaired) electrons. The fourth-order valence-electron chi connectivity index (χ4n) is 4.11. The molecule has 0 aliphatic heterocycles. The molecule has 2 aromatic carbocycles. The predicted molar refractivity (Wildman–Crippen MR) is 146 cm³/mol. The highest BCUT2D eigenvalue weighted by Crippen LogP contribution is 2.34. The SMILES string of the molecule is C[C@@H](C(=O)NC1CCCC1)N(Cc1c(Cl)cccc1Cl)C(=O)CN(c1cccc(Cl)c1Cl)S(C)(=O)=O. The number of benzene rings is 2. The second-order valence-electron chi connectivity index (χ2n) is 8.73. The van der Waals surface area contributed by atoms with Gasteiger partial charge in [-0.25, -0.2) is 8.42 Å². The van der Waals surface area contributed by atoms with Gasteiger partial charge >= 0.3 is 0 Å². The first-order chi connectivity index (χ1) is 16.9. The number of hydrogen-bond acceptors (Lipinski definition) is 4. The molecule has 12 heteroatoms. The maximum absolute atomic E-state index is 13.7. The first kappa shape index (κ1) is 28.9. The van der Waals surface area contributed by atoms with E-state index in [0.717, 1.165) is 36.2 Å². The van der Waals surface area contributed by atoms with Crippen LogP contribution in [0.25, 0.3) is 0 Å². The Morgan fingerprint density at radius 3 is 2.14 bits per heavy atom. The molecule has 1 N–H and O–H groups in total. The van der Waals surface area contributed by atoms with Gasteiger partial charge in [-0.05, 0) is 44.0 Å². The molecular formula is C24H27Cl4N3O4S. The van der Waals surface area contributed by atoms with Crippen molar-refractivity contribution in [2.24, 2.45) is 0 Å². The van der Waals surface area contributed by atoms with Gasteiger partial charge in [0.1, 0.15) is 12.6 Å². The van der Waals surface area contributed by atoms with E-state index < -0.39 is 28.5 Å². The second kappa shape index (κ2) is 12.2. The molecule has 0 bridgehead atoms. The minimum Gasteiger partial charge on any atom is -0.352 e. The van der Waals surface area contributed by atoms with Crippen molar-refractivity contribution in [1.82, 2.24) is 10.2 Å². The first-order valence-electron chi connectivity index (χ1n) is 11.3. The zero-order valence-electron chi connectivity index (χ0n) is 19.8. The molecule has 3 rings (SSSR count). The van der Waals surface area contributed by atoms with Crippen molar-refractivity contribution >= 4 is 73.9 Å². The van der Waals surface area contributed by atoms with E-state index in [-0.39, 0.29) is 34.2 Å². The van der Waals surface area contributed by atoms with Crippen LogP contribution in [0.3, 0.4) is 0 Å². The highest BCUT2D eigenvalue weighted by molar-refractivity contribution is 7.92. The Morgan fingerprint density at radius 1 is 1.00 bits per heavy atom. The summed E-state index contributed by atoms with van der Waals surface area (Å²) in [6.45, 7) is 0.879. The van der Waals surface area contributed by atoms with E-state index in [0.29, 0.717) is 15.6 Å². The molecule has 0 spiro atoms. The fraction of sp³-hybridized carbons (Fsp3) is 0.417. The number of amides is 2. The van der Waals surface area contributed by atoms with Gasteiger partial charge in [0, 0.05) is 28.2 Å². The topological polar surface area (TPSA) is 86.8 Å². The molecule has 0 saturated heterocycles. The van der Waals surface area contributed by atoms with Crippen LogP contribution in [0, 0.1) is 0 Å². The number of hydrogen-bond donors (Lipinski definition) is 1. The minimum absolute atomic E-state index is 0.00915. The number of halogens is 4. The molecule has 196 valence electrons. The molecule has 0 aromatic heterocycles. The number of anilines is 1. The summed E-state index contributed by atoms with van der Waals surface area (Å²) in [5.74, 6) is -0.980. The summed E-state index contributed by atoms with van der Waals surface area (Å²) in [4.78, 5) is 28.0. The summed E-state index contributed by atoms with van der Waals surface area (Å²) in [6.07, 6.45) is 4.76. The smallest absolute Gasteiger partial charge is 0.244 e. The first-order valence-corrected chi connectivity index (χ1v) is 14.7. The average molecular weight is 595 g/mol. The van der Waals surface area contributed by atoms with Crippen LogP contribution in [0.2, 0.25) is 20.1 Å². The Kier molecular flexibility index (Phi) is 9.80. The standard InChI is InChI=1S/C24H27Cl4N3O4S/c1-15(24(33)29-16-7-3-4-8-16)30(13-17-18(25)9-5-10-19(17)26)22(32)14-31(36(2,34)35)21-12-6-11-20(27)23(21)28/h5-6,9-12,15-16H,3-4,7-8,13-14H2,1-2H3,(H,29,33)/t15-/m0/s1. The molecule has 0 unspecified atom stereocenters. The van der Waals surface area contributed by atoms with Gasteiger partial charge in [-0.3, -0.25) is 13.9 Å². The van der Waals surface area contributed by atoms with Crippen molar-refractivity contribution in [3.63, 3.8) is 0 Å². The van der Waals surface area contributed by atoms with Crippen LogP contribution in [0.4, 0.5) is 5.69 Å². The van der Waals surface area contributed by atoms with Gasteiger partial charge in [0.15, 0.2) is 0 Å². The van der Waals surface area contributed by atoms with Crippen LogP contribution in [0.5, 0.6) is 0 Å². The van der Waals surface area contributed by atoms with Gasteiger partial charge in [-0.15, -0.1) is 0 Å². The molecule has 0 heterocycles. The maximum Gasteiger partial charge on any atom is 0.244 e. The minimum atomic E-state index is -3.95. The molecule has 36 heavy (non-hydrogen) atoms. The van der Waals surface area contributed by atoms with Crippen molar-refractivity contribution < 1.29 is 18.0 Å². The molecule has 1 fully saturated rings. The molecule has 1 aliphatic carbocycles. The highest BCUT2D eigenvalue weighted by atomic mass is 35.5. The van der Waals surface area contributed by atoms with E-state index in [4.69, 9.17) is 46.4 Å². The second-order valence-corrected chi connectivity index (χ2v) is 12.2. The van der Waals surface area contributed by atoms with Gasteiger partial charge in [-0.1, -0.05) is 71.4 Å². The summed E-state index contributed by atoms with van der Waals surface area (Å²) < 4.78 is 26.2. The molecule has 2 amide bonds. The zero-order chi connectivity index (χ0) is 26.6. The third kappa shape index (κ3) is 6.98. The summed E-state index contributed by atoms with van der Waals surface area (Å²) >= 11 is 25.1. The summed E-state index contributed by atoms with van der Waals surface area (Å²) in [6, 6.07) is 8.53. The van der Waals surface area contributed by atoms with E-state index in [1.165, 1.54) is 23.1 Å². The van der Waals surface area contributed by atoms with Crippen LogP contribution >= 0.6 is 46.4 Å². The van der Waals surface area contributed by atoms with Crippen molar-refractivity contribution in [1.29, 1.82) is 0 Å². The van der Waals surface area contributed by atoms with Crippen molar-refractivity contribution in [2.75, 3.05) is 17.1 Å². The van der Waals surface area contributed by atoms with Crippen molar-refractivity contribution in [3.8, 4) is 0 Å². The van der Waals surface area contributed by atoms with Gasteiger partial charge in [0.05, 0.1) is 22.0 Å². The number of carbonyl (C=O) groups excluding carboxylic acids is 2. The molecule has 1 saturated carbocycles. The Balaban J connectivity index is 1.96. The van der Waals surface area contributed by atoms with Gasteiger partial charge in [0.25, 0.3) is 0 Å². The molecule has 1 atom stereocenters. The van der Waals surface area contributed by atoms with Gasteiger partial charge in [-0.2, -0.15) is 0 Å². The lowest BCUT2D eigenvalue weighted by atomic mass is 10.1. The Labute approximate surface area is 231 Å². The van der Waals surface area contributed by atoms with Crippen LogP contribution in [-0.4, -0.2) is 50.0 Å². The number of rotatable bonds is 9. The van der Waals surface area contributed by atoms with E-state index in [1.807, 2.05) is 0 Å². The van der Waals surface area contributed by atoms with Crippen LogP contribution in [0.15, 0.2) is 36.4 Å². The highest BCUT2D eigenvalue weighted by Gasteiger charge is 2.32. The number of nitrogens with one attached hydrogen (secondary N) is 1. The lowest BCUT2D eigenvalue weighted by molar-refractivity contribution is -0.139. The number of sulfonamides is 1. The maximum atomic E-state index is 13.7. The Bertz CT molecular complexity index is 1220. The molecular weight excluding hydrogens is 568 g/mol. The van der Waals surface area contributed by atoms with Crippen molar-refractivity contribution in [2.45, 2.75) is 51.2 Å². The van der Waals surface area contributed by atoms with E-state index in [2.05, 4.69) is 5.32 Å². The predicted octanol–water partition coefficient (Wildman–Crippen LogP) is 5.54. The summed E-state index contributed by atoms with van der Waals surface area (Å²) in [5, 5.41) is 3.76. The molecule has 2 aromatic rings. The lowest BCUT2D eigenvalue weighted by Crippen LogP contribution is -2.52. The third-order valence-corrected chi connectivity index (χ3v) is 8.78. The summed E-state index contributed by atoms with van der Waals surface area (Å²) in [7, 11) is -3.95.